The third-order valence-corrected chi connectivity index (χ3v) is 2.77. The van der Waals surface area contributed by atoms with Crippen molar-refractivity contribution in [2.75, 3.05) is 19.8 Å². The van der Waals surface area contributed by atoms with Gasteiger partial charge in [-0.1, -0.05) is 0 Å². The lowest BCUT2D eigenvalue weighted by atomic mass is 10.3. The summed E-state index contributed by atoms with van der Waals surface area (Å²) in [6.07, 6.45) is 1.46. The topological polar surface area (TPSA) is 154 Å². The van der Waals surface area contributed by atoms with Gasteiger partial charge in [-0.2, -0.15) is 5.10 Å². The number of aliphatic hydroxyl groups is 2. The minimum absolute atomic E-state index is 0.0934. The molecule has 0 spiro atoms. The fraction of sp³-hybridized carbons (Fsp3) is 0.308. The van der Waals surface area contributed by atoms with Crippen LogP contribution >= 0.6 is 0 Å². The van der Waals surface area contributed by atoms with Gasteiger partial charge in [0.15, 0.2) is 5.84 Å². The van der Waals surface area contributed by atoms with E-state index in [0.29, 0.717) is 17.1 Å². The molecule has 0 aliphatic carbocycles. The number of nitrogens with two attached hydrogens (primary N) is 2. The molecule has 0 saturated heterocycles. The largest absolute Gasteiger partial charge is 0.458 e. The highest BCUT2D eigenvalue weighted by Crippen LogP contribution is 2.20. The number of rotatable bonds is 6. The van der Waals surface area contributed by atoms with Gasteiger partial charge in [0.05, 0.1) is 25.1 Å². The van der Waals surface area contributed by atoms with Gasteiger partial charge in [0.1, 0.15) is 18.1 Å². The van der Waals surface area contributed by atoms with Crippen molar-refractivity contribution in [3.05, 3.63) is 24.3 Å². The Hall–Kier alpha value is -2.33. The van der Waals surface area contributed by atoms with E-state index in [-0.39, 0.29) is 19.0 Å². The number of nitrogens with one attached hydrogen (secondary N) is 1. The molecular formula is C13H18N6O3. The third-order valence-electron chi connectivity index (χ3n) is 2.77. The summed E-state index contributed by atoms with van der Waals surface area (Å²) in [6, 6.07) is 6.52. The lowest BCUT2D eigenvalue weighted by Crippen LogP contribution is -2.57. The highest BCUT2D eigenvalue weighted by Gasteiger charge is 2.20. The van der Waals surface area contributed by atoms with Crippen LogP contribution < -0.4 is 16.2 Å². The zero-order valence-electron chi connectivity index (χ0n) is 11.8. The third kappa shape index (κ3) is 3.86. The second-order valence-electron chi connectivity index (χ2n) is 4.65. The summed E-state index contributed by atoms with van der Waals surface area (Å²) in [7, 11) is 0. The Balaban J connectivity index is 2.07. The second kappa shape index (κ2) is 6.62. The van der Waals surface area contributed by atoms with Gasteiger partial charge >= 0.3 is 0 Å². The molecule has 2 rings (SSSR count). The van der Waals surface area contributed by atoms with Crippen molar-refractivity contribution in [1.29, 1.82) is 5.41 Å². The number of nitrogens with zero attached hydrogens (tertiary/aromatic N) is 3. The van der Waals surface area contributed by atoms with Gasteiger partial charge in [-0.15, -0.1) is 0 Å². The van der Waals surface area contributed by atoms with Crippen LogP contribution in [0, 0.1) is 5.41 Å². The minimum atomic E-state index is -1.64. The molecule has 0 bridgehead atoms. The molecule has 9 heteroatoms. The first-order valence-corrected chi connectivity index (χ1v) is 6.53. The number of ether oxygens (including phenoxy) is 1. The van der Waals surface area contributed by atoms with E-state index in [2.05, 4.69) is 10.1 Å². The summed E-state index contributed by atoms with van der Waals surface area (Å²) in [4.78, 5) is 4.28. The van der Waals surface area contributed by atoms with E-state index < -0.39 is 12.5 Å². The summed E-state index contributed by atoms with van der Waals surface area (Å²) in [6.45, 7) is -0.368. The Morgan fingerprint density at radius 2 is 1.95 bits per heavy atom. The van der Waals surface area contributed by atoms with Crippen molar-refractivity contribution >= 4 is 23.4 Å². The van der Waals surface area contributed by atoms with Gasteiger partial charge in [-0.3, -0.25) is 16.9 Å². The molecule has 1 aromatic carbocycles. The first-order valence-electron chi connectivity index (χ1n) is 6.53. The standard InChI is InChI=1S/C13H18N6O3/c14-12-11(7-17-19(12)5-6-20)18-9-1-3-10(4-2-9)22-13(15,16)8-21/h1-4,7,14,20-21H,5-6,8,15-16H2. The Labute approximate surface area is 127 Å². The molecule has 0 amide bonds. The average molecular weight is 306 g/mol. The van der Waals surface area contributed by atoms with E-state index >= 15 is 0 Å². The van der Waals surface area contributed by atoms with E-state index in [4.69, 9.17) is 31.8 Å². The molecule has 1 aromatic rings. The first-order chi connectivity index (χ1) is 10.4. The Morgan fingerprint density at radius 1 is 1.27 bits per heavy atom. The van der Waals surface area contributed by atoms with Crippen LogP contribution in [0.15, 0.2) is 34.4 Å². The normalized spacial score (nSPS) is 16.6. The molecule has 7 N–H and O–H groups in total. The number of aliphatic imine (C=N–C) groups is 1. The van der Waals surface area contributed by atoms with Crippen molar-refractivity contribution in [2.45, 2.75) is 5.85 Å². The zero-order chi connectivity index (χ0) is 16.2. The molecule has 118 valence electrons. The highest BCUT2D eigenvalue weighted by molar-refractivity contribution is 6.63. The first kappa shape index (κ1) is 16.0. The molecule has 1 aliphatic heterocycles. The van der Waals surface area contributed by atoms with Gasteiger partial charge in [0.2, 0.25) is 5.85 Å². The fourth-order valence-corrected chi connectivity index (χ4v) is 1.70. The van der Waals surface area contributed by atoms with Crippen LogP contribution in [0.4, 0.5) is 5.69 Å². The van der Waals surface area contributed by atoms with Crippen molar-refractivity contribution in [1.82, 2.24) is 5.01 Å². The number of β-amino-alcohol motifs (C(OH)–C–C–N with tert-alkyl or cyclic N) is 1. The summed E-state index contributed by atoms with van der Waals surface area (Å²) in [5.74, 6) is -1.13. The van der Waals surface area contributed by atoms with Crippen LogP contribution in [0.5, 0.6) is 5.75 Å². The number of hydrazone groups is 1. The van der Waals surface area contributed by atoms with E-state index in [1.165, 1.54) is 11.2 Å². The van der Waals surface area contributed by atoms with E-state index in [0.717, 1.165) is 0 Å². The van der Waals surface area contributed by atoms with E-state index in [1.54, 1.807) is 24.3 Å². The minimum Gasteiger partial charge on any atom is -0.458 e. The maximum absolute atomic E-state index is 8.94. The quantitative estimate of drug-likeness (QED) is 0.423. The predicted molar refractivity (Wildman–Crippen MR) is 82.4 cm³/mol. The molecule has 0 atom stereocenters. The maximum atomic E-state index is 8.94. The van der Waals surface area contributed by atoms with Crippen LogP contribution in [0.2, 0.25) is 0 Å². The fourth-order valence-electron chi connectivity index (χ4n) is 1.70. The second-order valence-corrected chi connectivity index (χ2v) is 4.65. The Bertz CT molecular complexity index is 596. The lowest BCUT2D eigenvalue weighted by Gasteiger charge is -2.23. The predicted octanol–water partition coefficient (Wildman–Crippen LogP) is -1.03. The molecular weight excluding hydrogens is 288 g/mol. The van der Waals surface area contributed by atoms with Crippen LogP contribution in [0.3, 0.4) is 0 Å². The summed E-state index contributed by atoms with van der Waals surface area (Å²) in [5.41, 5.74) is 12.0. The van der Waals surface area contributed by atoms with Crippen molar-refractivity contribution in [3.63, 3.8) is 0 Å². The SMILES string of the molecule is N=C1C(=Nc2ccc(OC(N)(N)CO)cc2)C=NN1CCO. The molecule has 22 heavy (non-hydrogen) atoms. The molecule has 9 nitrogen and oxygen atoms in total. The summed E-state index contributed by atoms with van der Waals surface area (Å²) >= 11 is 0. The molecule has 1 heterocycles. The van der Waals surface area contributed by atoms with Crippen LogP contribution in [-0.2, 0) is 0 Å². The number of aliphatic hydroxyl groups excluding tert-OH is 2. The van der Waals surface area contributed by atoms with E-state index in [9.17, 15) is 0 Å². The zero-order valence-corrected chi connectivity index (χ0v) is 11.8. The van der Waals surface area contributed by atoms with Gasteiger partial charge in [-0.05, 0) is 24.3 Å². The van der Waals surface area contributed by atoms with Crippen LogP contribution in [-0.4, -0.2) is 58.6 Å². The average Bonchev–Trinajstić information content (AvgIpc) is 2.83. The number of benzene rings is 1. The number of amidine groups is 1. The van der Waals surface area contributed by atoms with Crippen molar-refractivity contribution in [2.24, 2.45) is 21.6 Å². The Kier molecular flexibility index (Phi) is 4.83. The number of hydrogen-bond donors (Lipinski definition) is 5. The molecule has 0 fully saturated rings. The summed E-state index contributed by atoms with van der Waals surface area (Å²) in [5, 5.41) is 31.0. The van der Waals surface area contributed by atoms with E-state index in [1.807, 2.05) is 0 Å². The lowest BCUT2D eigenvalue weighted by molar-refractivity contribution is 0.0198. The van der Waals surface area contributed by atoms with Gasteiger partial charge in [0, 0.05) is 0 Å². The molecule has 1 aliphatic rings. The van der Waals surface area contributed by atoms with Crippen molar-refractivity contribution < 1.29 is 14.9 Å². The smallest absolute Gasteiger partial charge is 0.236 e. The molecule has 0 radical (unpaired) electrons. The highest BCUT2D eigenvalue weighted by atomic mass is 16.5. The van der Waals surface area contributed by atoms with Gasteiger partial charge < -0.3 is 14.9 Å². The van der Waals surface area contributed by atoms with Crippen molar-refractivity contribution in [3.8, 4) is 5.75 Å². The molecule has 0 aromatic heterocycles. The Morgan fingerprint density at radius 3 is 2.55 bits per heavy atom. The van der Waals surface area contributed by atoms with Crippen LogP contribution in [0.1, 0.15) is 0 Å². The van der Waals surface area contributed by atoms with Gasteiger partial charge in [0.25, 0.3) is 0 Å². The summed E-state index contributed by atoms with van der Waals surface area (Å²) < 4.78 is 5.20. The monoisotopic (exact) mass is 306 g/mol. The molecule has 0 unspecified atom stereocenters. The van der Waals surface area contributed by atoms with Gasteiger partial charge in [-0.25, -0.2) is 10.0 Å². The van der Waals surface area contributed by atoms with Crippen LogP contribution in [0.25, 0.3) is 0 Å². The molecule has 0 saturated carbocycles. The maximum Gasteiger partial charge on any atom is 0.236 e. The number of hydrogen-bond acceptors (Lipinski definition) is 8.